The third-order valence-corrected chi connectivity index (χ3v) is 5.89. The highest BCUT2D eigenvalue weighted by Crippen LogP contribution is 2.36. The first-order chi connectivity index (χ1) is 12.2. The van der Waals surface area contributed by atoms with E-state index in [0.717, 1.165) is 25.3 Å². The van der Waals surface area contributed by atoms with Gasteiger partial charge in [0.05, 0.1) is 0 Å². The lowest BCUT2D eigenvalue weighted by Gasteiger charge is -2.42. The van der Waals surface area contributed by atoms with Crippen molar-refractivity contribution in [2.45, 2.75) is 52.4 Å². The summed E-state index contributed by atoms with van der Waals surface area (Å²) in [5, 5.41) is 3.57. The van der Waals surface area contributed by atoms with Gasteiger partial charge in [0.15, 0.2) is 0 Å². The van der Waals surface area contributed by atoms with Crippen molar-refractivity contribution >= 4 is 0 Å². The van der Waals surface area contributed by atoms with E-state index >= 15 is 0 Å². The molecular weight excluding hydrogens is 308 g/mol. The molecule has 0 atom stereocenters. The molecule has 1 spiro atoms. The van der Waals surface area contributed by atoms with Gasteiger partial charge in [-0.25, -0.2) is 0 Å². The molecule has 0 aromatic heterocycles. The molecule has 1 aromatic carbocycles. The van der Waals surface area contributed by atoms with Crippen LogP contribution in [0.4, 0.5) is 0 Å². The number of hydrogen-bond donors (Lipinski definition) is 1. The number of nitrogens with zero attached hydrogens (tertiary/aromatic N) is 1. The van der Waals surface area contributed by atoms with Crippen LogP contribution in [-0.2, 0) is 6.42 Å². The molecule has 0 unspecified atom stereocenters. The summed E-state index contributed by atoms with van der Waals surface area (Å²) in [6, 6.07) is 8.63. The molecule has 2 heterocycles. The molecule has 1 aromatic rings. The molecule has 25 heavy (non-hydrogen) atoms. The summed E-state index contributed by atoms with van der Waals surface area (Å²) in [6.45, 7) is 11.3. The number of nitrogens with one attached hydrogen (secondary N) is 1. The molecule has 140 valence electrons. The summed E-state index contributed by atoms with van der Waals surface area (Å²) in [5.41, 5.74) is 1.90. The van der Waals surface area contributed by atoms with Crippen molar-refractivity contribution in [1.29, 1.82) is 0 Å². The molecule has 2 aliphatic heterocycles. The molecule has 0 saturated carbocycles. The quantitative estimate of drug-likeness (QED) is 0.873. The number of para-hydroxylation sites is 1. The predicted octanol–water partition coefficient (Wildman–Crippen LogP) is 4.12. The molecule has 0 aliphatic carbocycles. The lowest BCUT2D eigenvalue weighted by atomic mass is 9.74. The first-order valence-corrected chi connectivity index (χ1v) is 10.3. The zero-order valence-electron chi connectivity index (χ0n) is 16.2. The van der Waals surface area contributed by atoms with Crippen LogP contribution in [0.15, 0.2) is 24.3 Å². The fourth-order valence-electron chi connectivity index (χ4n) is 4.62. The summed E-state index contributed by atoms with van der Waals surface area (Å²) in [7, 11) is 0. The summed E-state index contributed by atoms with van der Waals surface area (Å²) in [6.07, 6.45) is 7.81. The Bertz CT molecular complexity index is 523. The fraction of sp³-hybridized carbons (Fsp3) is 0.727. The number of aryl methyl sites for hydroxylation is 1. The largest absolute Gasteiger partial charge is 0.492 e. The van der Waals surface area contributed by atoms with Crippen molar-refractivity contribution in [1.82, 2.24) is 10.2 Å². The summed E-state index contributed by atoms with van der Waals surface area (Å²) >= 11 is 0. The molecule has 3 rings (SSSR count). The topological polar surface area (TPSA) is 24.5 Å². The minimum Gasteiger partial charge on any atom is -0.492 e. The SMILES string of the molecule is CC(C)CN1CCOc2ccccc2CCCCC2(CCNCC2)C1. The number of ether oxygens (including phenoxy) is 1. The minimum atomic E-state index is 0.513. The second-order valence-electron chi connectivity index (χ2n) is 8.54. The van der Waals surface area contributed by atoms with Gasteiger partial charge in [0.25, 0.3) is 0 Å². The van der Waals surface area contributed by atoms with Gasteiger partial charge in [0.1, 0.15) is 12.4 Å². The van der Waals surface area contributed by atoms with Gasteiger partial charge in [-0.15, -0.1) is 0 Å². The molecule has 3 heteroatoms. The Balaban J connectivity index is 1.74. The monoisotopic (exact) mass is 344 g/mol. The van der Waals surface area contributed by atoms with E-state index in [1.807, 2.05) is 0 Å². The second-order valence-corrected chi connectivity index (χ2v) is 8.54. The van der Waals surface area contributed by atoms with Crippen LogP contribution in [0.1, 0.15) is 51.5 Å². The van der Waals surface area contributed by atoms with Crippen LogP contribution in [-0.4, -0.2) is 44.2 Å². The van der Waals surface area contributed by atoms with Gasteiger partial charge < -0.3 is 10.1 Å². The van der Waals surface area contributed by atoms with E-state index in [-0.39, 0.29) is 0 Å². The number of rotatable bonds is 2. The zero-order valence-corrected chi connectivity index (χ0v) is 16.2. The number of piperidine rings is 1. The third-order valence-electron chi connectivity index (χ3n) is 5.89. The Kier molecular flexibility index (Phi) is 6.77. The highest BCUT2D eigenvalue weighted by Gasteiger charge is 2.33. The van der Waals surface area contributed by atoms with Crippen LogP contribution in [0.5, 0.6) is 5.75 Å². The van der Waals surface area contributed by atoms with Crippen molar-refractivity contribution in [3.63, 3.8) is 0 Å². The highest BCUT2D eigenvalue weighted by molar-refractivity contribution is 5.33. The summed E-state index contributed by atoms with van der Waals surface area (Å²) in [5.74, 6) is 1.81. The van der Waals surface area contributed by atoms with Crippen LogP contribution in [0.3, 0.4) is 0 Å². The van der Waals surface area contributed by atoms with E-state index in [9.17, 15) is 0 Å². The lowest BCUT2D eigenvalue weighted by Crippen LogP contribution is -2.46. The van der Waals surface area contributed by atoms with Gasteiger partial charge >= 0.3 is 0 Å². The fourth-order valence-corrected chi connectivity index (χ4v) is 4.62. The molecule has 0 radical (unpaired) electrons. The minimum absolute atomic E-state index is 0.513. The van der Waals surface area contributed by atoms with Crippen LogP contribution in [0.25, 0.3) is 0 Å². The lowest BCUT2D eigenvalue weighted by molar-refractivity contribution is 0.0803. The average Bonchev–Trinajstić information content (AvgIpc) is 2.59. The Morgan fingerprint density at radius 1 is 1.12 bits per heavy atom. The first kappa shape index (κ1) is 18.7. The van der Waals surface area contributed by atoms with Gasteiger partial charge in [-0.1, -0.05) is 38.5 Å². The van der Waals surface area contributed by atoms with E-state index < -0.39 is 0 Å². The Morgan fingerprint density at radius 2 is 1.92 bits per heavy atom. The van der Waals surface area contributed by atoms with Gasteiger partial charge in [-0.3, -0.25) is 4.90 Å². The molecular formula is C22H36N2O. The maximum absolute atomic E-state index is 6.19. The third kappa shape index (κ3) is 5.46. The molecule has 2 aliphatic rings. The van der Waals surface area contributed by atoms with Crippen LogP contribution in [0.2, 0.25) is 0 Å². The van der Waals surface area contributed by atoms with E-state index in [4.69, 9.17) is 4.74 Å². The summed E-state index contributed by atoms with van der Waals surface area (Å²) < 4.78 is 6.19. The van der Waals surface area contributed by atoms with E-state index in [0.29, 0.717) is 11.3 Å². The average molecular weight is 345 g/mol. The highest BCUT2D eigenvalue weighted by atomic mass is 16.5. The normalized spacial score (nSPS) is 22.7. The van der Waals surface area contributed by atoms with Crippen LogP contribution in [0, 0.1) is 11.3 Å². The van der Waals surface area contributed by atoms with Crippen molar-refractivity contribution in [2.75, 3.05) is 39.3 Å². The second kappa shape index (κ2) is 9.05. The molecule has 3 nitrogen and oxygen atoms in total. The van der Waals surface area contributed by atoms with Crippen LogP contribution < -0.4 is 10.1 Å². The zero-order chi connectivity index (χ0) is 17.5. The van der Waals surface area contributed by atoms with Gasteiger partial charge in [-0.05, 0) is 68.2 Å². The summed E-state index contributed by atoms with van der Waals surface area (Å²) in [4.78, 5) is 2.68. The van der Waals surface area contributed by atoms with Crippen molar-refractivity contribution in [3.05, 3.63) is 29.8 Å². The number of benzene rings is 1. The van der Waals surface area contributed by atoms with E-state index in [2.05, 4.69) is 48.3 Å². The van der Waals surface area contributed by atoms with Crippen molar-refractivity contribution in [3.8, 4) is 5.75 Å². The molecule has 0 amide bonds. The number of fused-ring (bicyclic) bond motifs is 1. The molecule has 1 fully saturated rings. The van der Waals surface area contributed by atoms with Crippen molar-refractivity contribution in [2.24, 2.45) is 11.3 Å². The smallest absolute Gasteiger partial charge is 0.122 e. The van der Waals surface area contributed by atoms with Crippen molar-refractivity contribution < 1.29 is 4.74 Å². The van der Waals surface area contributed by atoms with Gasteiger partial charge in [-0.2, -0.15) is 0 Å². The van der Waals surface area contributed by atoms with E-state index in [1.165, 1.54) is 63.8 Å². The number of hydrogen-bond acceptors (Lipinski definition) is 3. The standard InChI is InChI=1S/C22H36N2O/c1-19(2)17-24-15-16-25-21-9-4-3-7-20(21)8-5-6-10-22(18-24)11-13-23-14-12-22/h3-4,7,9,19,23H,5-6,8,10-18H2,1-2H3. The molecule has 1 N–H and O–H groups in total. The molecule has 1 saturated heterocycles. The maximum Gasteiger partial charge on any atom is 0.122 e. The van der Waals surface area contributed by atoms with Gasteiger partial charge in [0, 0.05) is 19.6 Å². The van der Waals surface area contributed by atoms with E-state index in [1.54, 1.807) is 0 Å². The molecule has 0 bridgehead atoms. The predicted molar refractivity (Wildman–Crippen MR) is 105 cm³/mol. The maximum atomic E-state index is 6.19. The Hall–Kier alpha value is -1.06. The van der Waals surface area contributed by atoms with Gasteiger partial charge in [0.2, 0.25) is 0 Å². The van der Waals surface area contributed by atoms with Crippen LogP contribution >= 0.6 is 0 Å². The Morgan fingerprint density at radius 3 is 2.72 bits per heavy atom. The first-order valence-electron chi connectivity index (χ1n) is 10.3. The Labute approximate surface area is 154 Å².